The summed E-state index contributed by atoms with van der Waals surface area (Å²) in [6.07, 6.45) is 4.10. The van der Waals surface area contributed by atoms with Gasteiger partial charge >= 0.3 is 40.8 Å². The Hall–Kier alpha value is 0.209. The predicted octanol–water partition coefficient (Wildman–Crippen LogP) is -0.743. The van der Waals surface area contributed by atoms with Crippen LogP contribution in [0.1, 0.15) is 0 Å². The van der Waals surface area contributed by atoms with E-state index in [2.05, 4.69) is 13.6 Å². The van der Waals surface area contributed by atoms with Crippen LogP contribution in [0.2, 0.25) is 0 Å². The van der Waals surface area contributed by atoms with Gasteiger partial charge in [-0.2, -0.15) is 0 Å². The summed E-state index contributed by atoms with van der Waals surface area (Å²) in [6, 6.07) is 0. The van der Waals surface area contributed by atoms with Crippen LogP contribution >= 0.6 is 0 Å². The van der Waals surface area contributed by atoms with E-state index in [1.54, 1.807) is 0 Å². The van der Waals surface area contributed by atoms with Crippen molar-refractivity contribution in [3.05, 3.63) is 12.3 Å². The van der Waals surface area contributed by atoms with Gasteiger partial charge in [0.25, 0.3) is 0 Å². The Morgan fingerprint density at radius 1 is 1.60 bits per heavy atom. The number of nitrogens with one attached hydrogen (secondary N) is 1. The van der Waals surface area contributed by atoms with Crippen molar-refractivity contribution >= 4 is 25.0 Å². The molecule has 0 unspecified atom stereocenters. The molecular weight excluding hydrogens is 169 g/mol. The first-order valence-electron chi connectivity index (χ1n) is 1.58. The summed E-state index contributed by atoms with van der Waals surface area (Å²) in [5, 5.41) is 0. The second-order valence-electron chi connectivity index (χ2n) is 0.885. The molecule has 2 heteroatoms. The monoisotopic (exact) mass is 175 g/mol. The molecule has 0 radical (unpaired) electrons. The zero-order chi connectivity index (χ0) is 3.54. The van der Waals surface area contributed by atoms with Crippen LogP contribution in [0.25, 0.3) is 0 Å². The van der Waals surface area contributed by atoms with Gasteiger partial charge in [0.1, 0.15) is 0 Å². The molecule has 0 saturated heterocycles. The van der Waals surface area contributed by atoms with E-state index >= 15 is 0 Å². The molecule has 1 N–H and O–H groups in total. The Morgan fingerprint density at radius 2 is 2.60 bits per heavy atom. The van der Waals surface area contributed by atoms with Gasteiger partial charge in [-0.05, 0) is 0 Å². The summed E-state index contributed by atoms with van der Waals surface area (Å²) in [4.78, 5) is 0. The van der Waals surface area contributed by atoms with Gasteiger partial charge in [0.2, 0.25) is 0 Å². The average Bonchev–Trinajstić information content (AvgIpc) is 1.76. The summed E-state index contributed by atoms with van der Waals surface area (Å²) in [7, 11) is 0. The van der Waals surface area contributed by atoms with Crippen molar-refractivity contribution in [1.29, 1.82) is 0 Å². The van der Waals surface area contributed by atoms with Crippen LogP contribution in [0.3, 0.4) is 0 Å². The SMILES string of the molecule is C1=C[NH][SnH]=[CH]1. The Bertz CT molecular complexity index is 65.0. The fourth-order valence-electron chi connectivity index (χ4n) is 0.278. The number of allylic oxidation sites excluding steroid dienone is 1. The second kappa shape index (κ2) is 1.60. The van der Waals surface area contributed by atoms with E-state index < -0.39 is 0 Å². The van der Waals surface area contributed by atoms with Crippen molar-refractivity contribution < 1.29 is 0 Å². The standard InChI is InChI=1S/C3H4N.Sn.H/c1-2-3-4;;/h1-4H;;/q-1;+1;. The number of hydrogen-bond acceptors (Lipinski definition) is 1. The molecule has 0 spiro atoms. The van der Waals surface area contributed by atoms with Crippen LogP contribution in [-0.2, 0) is 0 Å². The molecule has 26 valence electrons. The number of hydrogen-bond donors (Lipinski definition) is 1. The van der Waals surface area contributed by atoms with Crippen LogP contribution < -0.4 is 3.54 Å². The van der Waals surface area contributed by atoms with Crippen molar-refractivity contribution in [1.82, 2.24) is 3.54 Å². The maximum absolute atomic E-state index is 3.18. The van der Waals surface area contributed by atoms with Gasteiger partial charge in [-0.25, -0.2) is 0 Å². The van der Waals surface area contributed by atoms with Crippen molar-refractivity contribution in [2.24, 2.45) is 0 Å². The average molecular weight is 174 g/mol. The van der Waals surface area contributed by atoms with E-state index in [1.165, 1.54) is 0 Å². The zero-order valence-corrected chi connectivity index (χ0v) is 6.11. The van der Waals surface area contributed by atoms with Crippen LogP contribution in [-0.4, -0.2) is 25.0 Å². The Morgan fingerprint density at radius 3 is 2.80 bits per heavy atom. The summed E-state index contributed by atoms with van der Waals surface area (Å²) in [5.41, 5.74) is 0. The van der Waals surface area contributed by atoms with Crippen molar-refractivity contribution in [2.75, 3.05) is 0 Å². The third-order valence-electron chi connectivity index (χ3n) is 0.496. The first kappa shape index (κ1) is 3.40. The molecule has 0 aromatic rings. The predicted molar refractivity (Wildman–Crippen MR) is 25.5 cm³/mol. The molecule has 0 aliphatic carbocycles. The zero-order valence-electron chi connectivity index (χ0n) is 2.81. The maximum atomic E-state index is 3.18. The molecule has 1 aliphatic heterocycles. The van der Waals surface area contributed by atoms with E-state index in [4.69, 9.17) is 0 Å². The van der Waals surface area contributed by atoms with E-state index in [1.807, 2.05) is 6.20 Å². The number of rotatable bonds is 0. The fourth-order valence-corrected chi connectivity index (χ4v) is 1.86. The van der Waals surface area contributed by atoms with E-state index in [9.17, 15) is 0 Å². The molecule has 1 nitrogen and oxygen atoms in total. The summed E-state index contributed by atoms with van der Waals surface area (Å²) < 4.78 is 5.44. The molecule has 1 aliphatic rings. The molecule has 0 aromatic heterocycles. The van der Waals surface area contributed by atoms with E-state index in [-0.39, 0.29) is 20.9 Å². The van der Waals surface area contributed by atoms with Gasteiger partial charge in [0.15, 0.2) is 0 Å². The Kier molecular flexibility index (Phi) is 1.09. The van der Waals surface area contributed by atoms with Gasteiger partial charge in [0.05, 0.1) is 0 Å². The minimum absolute atomic E-state index is 0.295. The molecule has 0 amide bonds. The van der Waals surface area contributed by atoms with E-state index in [0.29, 0.717) is 0 Å². The molecule has 0 fully saturated rings. The molecule has 0 bridgehead atoms. The molecule has 0 saturated carbocycles. The van der Waals surface area contributed by atoms with Crippen molar-refractivity contribution in [3.8, 4) is 0 Å². The Balaban J connectivity index is 2.61. The third kappa shape index (κ3) is 0.757. The van der Waals surface area contributed by atoms with Gasteiger partial charge in [-0.15, -0.1) is 0 Å². The quantitative estimate of drug-likeness (QED) is 0.476. The Labute approximate surface area is 41.1 Å². The van der Waals surface area contributed by atoms with Crippen LogP contribution in [0.5, 0.6) is 0 Å². The normalized spacial score (nSPS) is 16.0. The second-order valence-corrected chi connectivity index (χ2v) is 3.89. The summed E-state index contributed by atoms with van der Waals surface area (Å²) in [6.45, 7) is 0. The fraction of sp³-hybridized carbons (Fsp3) is 0. The molecule has 1 rings (SSSR count). The first-order chi connectivity index (χ1) is 2.50. The van der Waals surface area contributed by atoms with Crippen LogP contribution in [0, 0.1) is 0 Å². The first-order valence-corrected chi connectivity index (χ1v) is 5.13. The third-order valence-corrected chi connectivity index (χ3v) is 2.78. The van der Waals surface area contributed by atoms with Gasteiger partial charge in [0, 0.05) is 0 Å². The van der Waals surface area contributed by atoms with Gasteiger partial charge < -0.3 is 0 Å². The van der Waals surface area contributed by atoms with Gasteiger partial charge in [-0.3, -0.25) is 0 Å². The summed E-state index contributed by atoms with van der Waals surface area (Å²) >= 11 is -0.295. The molecular formula is C3H5NSn. The van der Waals surface area contributed by atoms with Crippen LogP contribution in [0.4, 0.5) is 0 Å². The minimum atomic E-state index is -0.295. The molecule has 1 heterocycles. The van der Waals surface area contributed by atoms with E-state index in [0.717, 1.165) is 0 Å². The topological polar surface area (TPSA) is 12.0 Å². The van der Waals surface area contributed by atoms with Crippen LogP contribution in [0.15, 0.2) is 12.3 Å². The molecule has 0 atom stereocenters. The van der Waals surface area contributed by atoms with Crippen molar-refractivity contribution in [3.63, 3.8) is 0 Å². The summed E-state index contributed by atoms with van der Waals surface area (Å²) in [5.74, 6) is 0. The molecule has 0 aromatic carbocycles. The van der Waals surface area contributed by atoms with Gasteiger partial charge in [-0.1, -0.05) is 0 Å². The molecule has 5 heavy (non-hydrogen) atoms. The van der Waals surface area contributed by atoms with Crippen molar-refractivity contribution in [2.45, 2.75) is 0 Å².